The van der Waals surface area contributed by atoms with Crippen LogP contribution >= 0.6 is 0 Å². The van der Waals surface area contributed by atoms with Crippen molar-refractivity contribution in [3.05, 3.63) is 35.4 Å². The van der Waals surface area contributed by atoms with E-state index in [4.69, 9.17) is 10.00 Å². The molecule has 1 aromatic carbocycles. The summed E-state index contributed by atoms with van der Waals surface area (Å²) >= 11 is 0. The summed E-state index contributed by atoms with van der Waals surface area (Å²) < 4.78 is 5.17. The smallest absolute Gasteiger partial charge is 0.307 e. The number of hydrogen-bond donors (Lipinski definition) is 1. The van der Waals surface area contributed by atoms with Crippen molar-refractivity contribution in [1.82, 2.24) is 0 Å². The van der Waals surface area contributed by atoms with Gasteiger partial charge in [0.25, 0.3) is 0 Å². The molecule has 0 bridgehead atoms. The van der Waals surface area contributed by atoms with Crippen LogP contribution in [0, 0.1) is 29.1 Å². The zero-order valence-corrected chi connectivity index (χ0v) is 13.4. The molecule has 1 atom stereocenters. The van der Waals surface area contributed by atoms with Gasteiger partial charge in [-0.1, -0.05) is 18.1 Å². The van der Waals surface area contributed by atoms with Crippen molar-refractivity contribution in [2.75, 3.05) is 0 Å². The summed E-state index contributed by atoms with van der Waals surface area (Å²) in [5.74, 6) is 2.53. The van der Waals surface area contributed by atoms with Crippen LogP contribution in [-0.4, -0.2) is 22.6 Å². The molecule has 5 heteroatoms. The lowest BCUT2D eigenvalue weighted by Crippen LogP contribution is -2.28. The SMILES string of the molecule is CC(C)(C)OC(=O)CC(Cc1ccc(C#CC#N)cc1)C(=O)O. The molecular weight excluding hydrogens is 294 g/mol. The molecule has 1 N–H and O–H groups in total. The van der Waals surface area contributed by atoms with Crippen LogP contribution in [-0.2, 0) is 20.7 Å². The molecule has 0 spiro atoms. The molecule has 0 aromatic heterocycles. The van der Waals surface area contributed by atoms with Gasteiger partial charge in [-0.15, -0.1) is 0 Å². The topological polar surface area (TPSA) is 87.4 Å². The van der Waals surface area contributed by atoms with Crippen molar-refractivity contribution < 1.29 is 19.4 Å². The van der Waals surface area contributed by atoms with E-state index in [2.05, 4.69) is 11.8 Å². The zero-order valence-electron chi connectivity index (χ0n) is 13.4. The summed E-state index contributed by atoms with van der Waals surface area (Å²) in [6.45, 7) is 5.21. The third-order valence-electron chi connectivity index (χ3n) is 2.88. The van der Waals surface area contributed by atoms with E-state index in [1.807, 2.05) is 0 Å². The third kappa shape index (κ3) is 7.15. The van der Waals surface area contributed by atoms with Gasteiger partial charge < -0.3 is 9.84 Å². The van der Waals surface area contributed by atoms with Crippen molar-refractivity contribution in [2.24, 2.45) is 5.92 Å². The van der Waals surface area contributed by atoms with Gasteiger partial charge in [0, 0.05) is 11.5 Å². The molecule has 0 amide bonds. The number of carboxylic acids is 1. The van der Waals surface area contributed by atoms with E-state index in [0.717, 1.165) is 5.56 Å². The summed E-state index contributed by atoms with van der Waals surface area (Å²) in [6.07, 6.45) is 0.0448. The monoisotopic (exact) mass is 313 g/mol. The molecule has 0 radical (unpaired) electrons. The number of rotatable bonds is 5. The summed E-state index contributed by atoms with van der Waals surface area (Å²) in [6, 6.07) is 8.64. The van der Waals surface area contributed by atoms with Crippen LogP contribution in [0.3, 0.4) is 0 Å². The van der Waals surface area contributed by atoms with E-state index in [1.54, 1.807) is 51.1 Å². The highest BCUT2D eigenvalue weighted by molar-refractivity contribution is 5.79. The number of aliphatic carboxylic acids is 1. The molecule has 0 aliphatic heterocycles. The lowest BCUT2D eigenvalue weighted by Gasteiger charge is -2.21. The highest BCUT2D eigenvalue weighted by Crippen LogP contribution is 2.17. The van der Waals surface area contributed by atoms with Crippen LogP contribution in [0.25, 0.3) is 0 Å². The van der Waals surface area contributed by atoms with Gasteiger partial charge in [0.05, 0.1) is 12.3 Å². The second-order valence-electron chi connectivity index (χ2n) is 6.09. The number of carbonyl (C=O) groups is 2. The molecule has 1 aromatic rings. The number of nitrogens with zero attached hydrogens (tertiary/aromatic N) is 1. The Bertz CT molecular complexity index is 666. The minimum Gasteiger partial charge on any atom is -0.481 e. The van der Waals surface area contributed by atoms with Crippen LogP contribution in [0.2, 0.25) is 0 Å². The fourth-order valence-corrected chi connectivity index (χ4v) is 1.94. The number of benzene rings is 1. The fourth-order valence-electron chi connectivity index (χ4n) is 1.94. The van der Waals surface area contributed by atoms with Gasteiger partial charge in [-0.25, -0.2) is 0 Å². The number of esters is 1. The number of carboxylic acid groups (broad SMARTS) is 1. The Hall–Kier alpha value is -2.79. The minimum absolute atomic E-state index is 0.178. The molecule has 1 rings (SSSR count). The second kappa shape index (κ2) is 8.00. The Morgan fingerprint density at radius 3 is 2.35 bits per heavy atom. The van der Waals surface area contributed by atoms with Crippen molar-refractivity contribution in [1.29, 1.82) is 5.26 Å². The normalized spacial score (nSPS) is 11.6. The Morgan fingerprint density at radius 1 is 1.26 bits per heavy atom. The number of hydrogen-bond acceptors (Lipinski definition) is 4. The van der Waals surface area contributed by atoms with Gasteiger partial charge in [-0.05, 0) is 44.9 Å². The molecule has 0 aliphatic carbocycles. The average molecular weight is 313 g/mol. The fraction of sp³-hybridized carbons (Fsp3) is 0.389. The molecule has 23 heavy (non-hydrogen) atoms. The highest BCUT2D eigenvalue weighted by atomic mass is 16.6. The van der Waals surface area contributed by atoms with Crippen molar-refractivity contribution in [2.45, 2.75) is 39.2 Å². The van der Waals surface area contributed by atoms with Crippen LogP contribution < -0.4 is 0 Å². The van der Waals surface area contributed by atoms with Crippen molar-refractivity contribution in [3.8, 4) is 17.9 Å². The minimum atomic E-state index is -1.04. The third-order valence-corrected chi connectivity index (χ3v) is 2.88. The van der Waals surface area contributed by atoms with E-state index in [-0.39, 0.29) is 12.8 Å². The van der Waals surface area contributed by atoms with Crippen molar-refractivity contribution >= 4 is 11.9 Å². The Labute approximate surface area is 135 Å². The lowest BCUT2D eigenvalue weighted by atomic mass is 9.95. The van der Waals surface area contributed by atoms with E-state index in [0.29, 0.717) is 5.56 Å². The lowest BCUT2D eigenvalue weighted by molar-refractivity contribution is -0.159. The van der Waals surface area contributed by atoms with Gasteiger partial charge in [0.15, 0.2) is 6.07 Å². The molecule has 0 saturated heterocycles. The van der Waals surface area contributed by atoms with Crippen LogP contribution in [0.1, 0.15) is 38.3 Å². The Kier molecular flexibility index (Phi) is 6.35. The van der Waals surface area contributed by atoms with E-state index >= 15 is 0 Å². The summed E-state index contributed by atoms with van der Waals surface area (Å²) in [4.78, 5) is 23.1. The standard InChI is InChI=1S/C18H19NO4/c1-18(2,3)23-16(20)12-15(17(21)22)11-14-8-6-13(7-9-14)5-4-10-19/h6-9,15H,11-12H2,1-3H3,(H,21,22). The first-order chi connectivity index (χ1) is 10.7. The van der Waals surface area contributed by atoms with Crippen molar-refractivity contribution in [3.63, 3.8) is 0 Å². The Balaban J connectivity index is 2.75. The first-order valence-corrected chi connectivity index (χ1v) is 7.15. The first kappa shape index (κ1) is 18.3. The second-order valence-corrected chi connectivity index (χ2v) is 6.09. The molecule has 0 aliphatic rings. The average Bonchev–Trinajstić information content (AvgIpc) is 2.43. The molecule has 5 nitrogen and oxygen atoms in total. The maximum absolute atomic E-state index is 11.8. The van der Waals surface area contributed by atoms with Gasteiger partial charge >= 0.3 is 11.9 Å². The zero-order chi connectivity index (χ0) is 17.5. The van der Waals surface area contributed by atoms with Crippen LogP contribution in [0.15, 0.2) is 24.3 Å². The molecule has 1 unspecified atom stereocenters. The maximum Gasteiger partial charge on any atom is 0.307 e. The van der Waals surface area contributed by atoms with Gasteiger partial charge in [0.2, 0.25) is 0 Å². The molecule has 0 heterocycles. The van der Waals surface area contributed by atoms with Gasteiger partial charge in [-0.3, -0.25) is 9.59 Å². The number of carbonyl (C=O) groups excluding carboxylic acids is 1. The van der Waals surface area contributed by atoms with Crippen LogP contribution in [0.5, 0.6) is 0 Å². The molecule has 0 saturated carbocycles. The van der Waals surface area contributed by atoms with E-state index in [1.165, 1.54) is 0 Å². The summed E-state index contributed by atoms with van der Waals surface area (Å²) in [5, 5.41) is 17.7. The number of ether oxygens (including phenoxy) is 1. The summed E-state index contributed by atoms with van der Waals surface area (Å²) in [5.41, 5.74) is 0.819. The largest absolute Gasteiger partial charge is 0.481 e. The molecular formula is C18H19NO4. The van der Waals surface area contributed by atoms with E-state index in [9.17, 15) is 14.7 Å². The first-order valence-electron chi connectivity index (χ1n) is 7.15. The predicted octanol–water partition coefficient (Wildman–Crippen LogP) is 2.54. The van der Waals surface area contributed by atoms with Gasteiger partial charge in [0.1, 0.15) is 5.60 Å². The van der Waals surface area contributed by atoms with Gasteiger partial charge in [-0.2, -0.15) is 5.26 Å². The number of nitriles is 1. The highest BCUT2D eigenvalue weighted by Gasteiger charge is 2.25. The maximum atomic E-state index is 11.8. The van der Waals surface area contributed by atoms with Crippen LogP contribution in [0.4, 0.5) is 0 Å². The summed E-state index contributed by atoms with van der Waals surface area (Å²) in [7, 11) is 0. The molecule has 0 fully saturated rings. The predicted molar refractivity (Wildman–Crippen MR) is 84.2 cm³/mol. The van der Waals surface area contributed by atoms with E-state index < -0.39 is 23.5 Å². The molecule has 120 valence electrons. The Morgan fingerprint density at radius 2 is 1.87 bits per heavy atom. The quantitative estimate of drug-likeness (QED) is 0.666.